The van der Waals surface area contributed by atoms with Gasteiger partial charge in [-0.05, 0) is 37.0 Å². The summed E-state index contributed by atoms with van der Waals surface area (Å²) in [5.41, 5.74) is 0.734. The minimum Gasteiger partial charge on any atom is -0.465 e. The van der Waals surface area contributed by atoms with E-state index in [1.165, 1.54) is 18.5 Å². The van der Waals surface area contributed by atoms with E-state index in [4.69, 9.17) is 5.11 Å². The zero-order valence-corrected chi connectivity index (χ0v) is 14.1. The fourth-order valence-corrected chi connectivity index (χ4v) is 3.50. The highest BCUT2D eigenvalue weighted by atomic mass is 19.4. The van der Waals surface area contributed by atoms with Crippen LogP contribution < -0.4 is 10.2 Å². The number of alkyl halides is 3. The maximum Gasteiger partial charge on any atom is 0.404 e. The number of hydrogen-bond acceptors (Lipinski definition) is 4. The smallest absolute Gasteiger partial charge is 0.404 e. The van der Waals surface area contributed by atoms with Crippen LogP contribution in [0.1, 0.15) is 24.8 Å². The summed E-state index contributed by atoms with van der Waals surface area (Å²) in [6, 6.07) is 4.40. The average molecular weight is 368 g/mol. The van der Waals surface area contributed by atoms with Gasteiger partial charge < -0.3 is 15.3 Å². The second kappa shape index (κ2) is 6.97. The van der Waals surface area contributed by atoms with Gasteiger partial charge in [-0.2, -0.15) is 13.2 Å². The number of carbonyl (C=O) groups is 1. The van der Waals surface area contributed by atoms with Gasteiger partial charge in [0.25, 0.3) is 0 Å². The molecule has 0 unspecified atom stereocenters. The van der Waals surface area contributed by atoms with Crippen molar-refractivity contribution in [3.63, 3.8) is 0 Å². The Morgan fingerprint density at radius 1 is 1.35 bits per heavy atom. The van der Waals surface area contributed by atoms with E-state index in [1.54, 1.807) is 6.07 Å². The number of nitrogens with one attached hydrogen (secondary N) is 1. The van der Waals surface area contributed by atoms with Crippen molar-refractivity contribution in [1.82, 2.24) is 15.3 Å². The molecule has 0 bridgehead atoms. The summed E-state index contributed by atoms with van der Waals surface area (Å²) in [6.45, 7) is 0. The van der Waals surface area contributed by atoms with E-state index in [0.717, 1.165) is 6.42 Å². The molecule has 0 saturated heterocycles. The molecule has 3 rings (SSSR count). The lowest BCUT2D eigenvalue weighted by Crippen LogP contribution is -2.35. The number of nitrogens with zero attached hydrogens (tertiary/aromatic N) is 3. The fourth-order valence-electron chi connectivity index (χ4n) is 3.50. The molecule has 9 heteroatoms. The van der Waals surface area contributed by atoms with E-state index in [-0.39, 0.29) is 17.6 Å². The Kier molecular flexibility index (Phi) is 4.88. The second-order valence-electron chi connectivity index (χ2n) is 6.56. The van der Waals surface area contributed by atoms with Crippen molar-refractivity contribution in [3.05, 3.63) is 30.1 Å². The molecule has 6 nitrogen and oxygen atoms in total. The topological polar surface area (TPSA) is 78.4 Å². The van der Waals surface area contributed by atoms with Crippen molar-refractivity contribution in [2.45, 2.75) is 43.9 Å². The van der Waals surface area contributed by atoms with Gasteiger partial charge in [-0.3, -0.25) is 0 Å². The lowest BCUT2D eigenvalue weighted by atomic mass is 10.1. The summed E-state index contributed by atoms with van der Waals surface area (Å²) in [7, 11) is 1.83. The molecule has 1 fully saturated rings. The molecule has 1 aliphatic carbocycles. The van der Waals surface area contributed by atoms with Crippen LogP contribution in [0.3, 0.4) is 0 Å². The summed E-state index contributed by atoms with van der Waals surface area (Å²) in [5, 5.41) is 11.9. The van der Waals surface area contributed by atoms with E-state index in [1.807, 2.05) is 11.9 Å². The van der Waals surface area contributed by atoms with Crippen LogP contribution in [-0.2, 0) is 6.42 Å². The van der Waals surface area contributed by atoms with E-state index >= 15 is 0 Å². The third kappa shape index (κ3) is 4.14. The molecule has 0 radical (unpaired) electrons. The predicted octanol–water partition coefficient (Wildman–Crippen LogP) is 3.36. The number of rotatable bonds is 4. The first kappa shape index (κ1) is 18.2. The van der Waals surface area contributed by atoms with Gasteiger partial charge in [0.1, 0.15) is 12.1 Å². The predicted molar refractivity (Wildman–Crippen MR) is 90.3 cm³/mol. The highest BCUT2D eigenvalue weighted by molar-refractivity contribution is 5.89. The first-order chi connectivity index (χ1) is 12.2. The average Bonchev–Trinajstić information content (AvgIpc) is 2.99. The van der Waals surface area contributed by atoms with Crippen molar-refractivity contribution in [2.24, 2.45) is 0 Å². The highest BCUT2D eigenvalue weighted by Crippen LogP contribution is 2.31. The van der Waals surface area contributed by atoms with Gasteiger partial charge in [0.05, 0.1) is 11.9 Å². The third-order valence-electron chi connectivity index (χ3n) is 4.70. The second-order valence-corrected chi connectivity index (χ2v) is 6.56. The molecule has 140 valence electrons. The third-order valence-corrected chi connectivity index (χ3v) is 4.70. The van der Waals surface area contributed by atoms with Crippen LogP contribution in [0.5, 0.6) is 0 Å². The van der Waals surface area contributed by atoms with Gasteiger partial charge in [-0.1, -0.05) is 6.07 Å². The Bertz CT molecular complexity index is 812. The van der Waals surface area contributed by atoms with E-state index in [2.05, 4.69) is 15.3 Å². The number of carboxylic acid groups (broad SMARTS) is 1. The standard InChI is InChI=1S/C17H19F3N4O2/c1-24(12-4-3-11(7-12)23-16(25)26)15-13-6-10(8-17(18,19)20)2-5-14(13)21-9-22-15/h2,5-6,9,11-12,23H,3-4,7-8H2,1H3,(H,25,26)/t11-,12+/m0/s1. The molecule has 1 aromatic carbocycles. The van der Waals surface area contributed by atoms with Crippen LogP contribution in [0.4, 0.5) is 23.8 Å². The quantitative estimate of drug-likeness (QED) is 0.865. The fraction of sp³-hybridized carbons (Fsp3) is 0.471. The van der Waals surface area contributed by atoms with Crippen LogP contribution in [-0.4, -0.2) is 46.5 Å². The number of hydrogen-bond donors (Lipinski definition) is 2. The molecule has 0 aliphatic heterocycles. The van der Waals surface area contributed by atoms with Crippen LogP contribution in [0.2, 0.25) is 0 Å². The van der Waals surface area contributed by atoms with Crippen molar-refractivity contribution in [1.29, 1.82) is 0 Å². The van der Waals surface area contributed by atoms with Gasteiger partial charge in [-0.15, -0.1) is 0 Å². The van der Waals surface area contributed by atoms with Crippen molar-refractivity contribution < 1.29 is 23.1 Å². The van der Waals surface area contributed by atoms with Crippen molar-refractivity contribution in [3.8, 4) is 0 Å². The molecule has 1 aromatic heterocycles. The normalized spacial score (nSPS) is 20.3. The number of anilines is 1. The lowest BCUT2D eigenvalue weighted by molar-refractivity contribution is -0.127. The first-order valence-electron chi connectivity index (χ1n) is 8.25. The summed E-state index contributed by atoms with van der Waals surface area (Å²) in [4.78, 5) is 21.1. The van der Waals surface area contributed by atoms with Crippen LogP contribution in [0, 0.1) is 0 Å². The molecule has 26 heavy (non-hydrogen) atoms. The number of amides is 1. The minimum atomic E-state index is -4.28. The zero-order chi connectivity index (χ0) is 18.9. The van der Waals surface area contributed by atoms with Gasteiger partial charge in [-0.25, -0.2) is 14.8 Å². The van der Waals surface area contributed by atoms with Crippen molar-refractivity contribution >= 4 is 22.8 Å². The summed E-state index contributed by atoms with van der Waals surface area (Å²) in [6.07, 6.45) is -2.84. The van der Waals surface area contributed by atoms with E-state index < -0.39 is 18.7 Å². The molecule has 0 spiro atoms. The molecule has 2 aromatic rings. The number of fused-ring (bicyclic) bond motifs is 1. The van der Waals surface area contributed by atoms with Crippen LogP contribution in [0.15, 0.2) is 24.5 Å². The zero-order valence-electron chi connectivity index (χ0n) is 14.1. The van der Waals surface area contributed by atoms with E-state index in [0.29, 0.717) is 29.6 Å². The Labute approximate surface area is 148 Å². The Hall–Kier alpha value is -2.58. The van der Waals surface area contributed by atoms with Crippen LogP contribution >= 0.6 is 0 Å². The van der Waals surface area contributed by atoms with Gasteiger partial charge >= 0.3 is 12.3 Å². The van der Waals surface area contributed by atoms with E-state index in [9.17, 15) is 18.0 Å². The summed E-state index contributed by atoms with van der Waals surface area (Å²) >= 11 is 0. The molecule has 2 atom stereocenters. The maximum absolute atomic E-state index is 12.7. The minimum absolute atomic E-state index is 0.0521. The summed E-state index contributed by atoms with van der Waals surface area (Å²) in [5.74, 6) is 0.556. The van der Waals surface area contributed by atoms with Crippen molar-refractivity contribution in [2.75, 3.05) is 11.9 Å². The Balaban J connectivity index is 1.87. The molecular weight excluding hydrogens is 349 g/mol. The first-order valence-corrected chi connectivity index (χ1v) is 8.25. The van der Waals surface area contributed by atoms with Crippen LogP contribution in [0.25, 0.3) is 10.9 Å². The monoisotopic (exact) mass is 368 g/mol. The Morgan fingerprint density at radius 2 is 2.12 bits per heavy atom. The highest BCUT2D eigenvalue weighted by Gasteiger charge is 2.31. The van der Waals surface area contributed by atoms with Gasteiger partial charge in [0.2, 0.25) is 0 Å². The number of halogens is 3. The molecule has 1 saturated carbocycles. The molecule has 1 amide bonds. The molecular formula is C17H19F3N4O2. The van der Waals surface area contributed by atoms with Gasteiger partial charge in [0, 0.05) is 24.5 Å². The lowest BCUT2D eigenvalue weighted by Gasteiger charge is -2.26. The summed E-state index contributed by atoms with van der Waals surface area (Å²) < 4.78 is 38.1. The molecule has 1 aliphatic rings. The number of aromatic nitrogens is 2. The maximum atomic E-state index is 12.7. The molecule has 1 heterocycles. The molecule has 2 N–H and O–H groups in total. The number of benzene rings is 1. The van der Waals surface area contributed by atoms with Gasteiger partial charge in [0.15, 0.2) is 0 Å². The SMILES string of the molecule is CN(c1ncnc2ccc(CC(F)(F)F)cc12)[C@@H]1CC[C@H](NC(=O)O)C1. The Morgan fingerprint density at radius 3 is 2.81 bits per heavy atom. The largest absolute Gasteiger partial charge is 0.465 e.